The van der Waals surface area contributed by atoms with Crippen LogP contribution in [-0.2, 0) is 0 Å². The molecule has 1 unspecified atom stereocenters. The lowest BCUT2D eigenvalue weighted by Crippen LogP contribution is -2.16. The second kappa shape index (κ2) is 4.55. The van der Waals surface area contributed by atoms with E-state index in [-0.39, 0.29) is 0 Å². The molecule has 0 aromatic rings. The molecule has 0 aromatic heterocycles. The molecule has 0 saturated heterocycles. The second-order valence-electron chi connectivity index (χ2n) is 2.64. The zero-order valence-electron chi connectivity index (χ0n) is 6.72. The maximum atomic E-state index is 2.23. The number of rotatable bonds is 2. The Morgan fingerprint density at radius 2 is 2.10 bits per heavy atom. The van der Waals surface area contributed by atoms with E-state index >= 15 is 0 Å². The van der Waals surface area contributed by atoms with Crippen LogP contribution in [0.5, 0.6) is 0 Å². The van der Waals surface area contributed by atoms with Gasteiger partial charge in [0.2, 0.25) is 0 Å². The summed E-state index contributed by atoms with van der Waals surface area (Å²) < 4.78 is 0. The van der Waals surface area contributed by atoms with Crippen molar-refractivity contribution >= 4 is 23.5 Å². The molecule has 59 valence electrons. The minimum Gasteiger partial charge on any atom is -0.161 e. The lowest BCUT2D eigenvalue weighted by molar-refractivity contribution is 0.590. The van der Waals surface area contributed by atoms with Crippen LogP contribution in [-0.4, -0.2) is 17.8 Å². The lowest BCUT2D eigenvalue weighted by atomic mass is 10.00. The Hall–Kier alpha value is 0.700. The monoisotopic (exact) mass is 175 g/mol. The minimum atomic E-state index is 0.865. The maximum absolute atomic E-state index is 2.23. The van der Waals surface area contributed by atoms with Gasteiger partial charge in [-0.2, -0.15) is 23.5 Å². The highest BCUT2D eigenvalue weighted by Crippen LogP contribution is 2.39. The third kappa shape index (κ3) is 2.09. The first kappa shape index (κ1) is 8.79. The van der Waals surface area contributed by atoms with Crippen molar-refractivity contribution < 1.29 is 0 Å². The van der Waals surface area contributed by atoms with Gasteiger partial charge in [-0.1, -0.05) is 12.8 Å². The van der Waals surface area contributed by atoms with Crippen LogP contribution in [0.4, 0.5) is 0 Å². The standard InChI is InChI=1S/C8H15S2/c1-9-7-5-3-4-6-8(7)10-2/h7H,3-6H2,1-2H3. The molecule has 1 saturated carbocycles. The molecule has 1 rings (SSSR count). The highest BCUT2D eigenvalue weighted by Gasteiger charge is 2.23. The fraction of sp³-hybridized carbons (Fsp3) is 0.875. The van der Waals surface area contributed by atoms with Crippen molar-refractivity contribution in [2.24, 2.45) is 0 Å². The van der Waals surface area contributed by atoms with E-state index in [1.165, 1.54) is 25.7 Å². The van der Waals surface area contributed by atoms with E-state index in [4.69, 9.17) is 0 Å². The van der Waals surface area contributed by atoms with E-state index in [9.17, 15) is 0 Å². The van der Waals surface area contributed by atoms with E-state index in [0.29, 0.717) is 0 Å². The van der Waals surface area contributed by atoms with Crippen LogP contribution in [0.2, 0.25) is 0 Å². The largest absolute Gasteiger partial charge is 0.161 e. The number of hydrogen-bond acceptors (Lipinski definition) is 2. The molecule has 1 radical (unpaired) electrons. The Morgan fingerprint density at radius 1 is 1.30 bits per heavy atom. The fourth-order valence-corrected chi connectivity index (χ4v) is 3.52. The summed E-state index contributed by atoms with van der Waals surface area (Å²) in [7, 11) is 0. The SMILES string of the molecule is CS[C]1CCCCC1SC. The second-order valence-corrected chi connectivity index (χ2v) is 4.61. The first-order valence-electron chi connectivity index (χ1n) is 3.81. The van der Waals surface area contributed by atoms with Crippen LogP contribution < -0.4 is 0 Å². The van der Waals surface area contributed by atoms with Gasteiger partial charge in [-0.25, -0.2) is 0 Å². The topological polar surface area (TPSA) is 0 Å². The van der Waals surface area contributed by atoms with Gasteiger partial charge in [0, 0.05) is 10.5 Å². The minimum absolute atomic E-state index is 0.865. The predicted molar refractivity (Wildman–Crippen MR) is 52.5 cm³/mol. The molecule has 0 amide bonds. The van der Waals surface area contributed by atoms with Crippen LogP contribution in [0, 0.1) is 5.25 Å². The molecular weight excluding hydrogens is 160 g/mol. The van der Waals surface area contributed by atoms with Crippen molar-refractivity contribution in [1.29, 1.82) is 0 Å². The Balaban J connectivity index is 2.34. The molecule has 0 nitrogen and oxygen atoms in total. The normalized spacial score (nSPS) is 28.8. The van der Waals surface area contributed by atoms with E-state index in [1.807, 2.05) is 23.5 Å². The third-order valence-electron chi connectivity index (χ3n) is 2.05. The van der Waals surface area contributed by atoms with Gasteiger partial charge in [-0.15, -0.1) is 0 Å². The molecule has 0 aliphatic heterocycles. The Kier molecular flexibility index (Phi) is 4.00. The van der Waals surface area contributed by atoms with Crippen molar-refractivity contribution in [2.75, 3.05) is 12.5 Å². The zero-order chi connectivity index (χ0) is 7.40. The first-order valence-corrected chi connectivity index (χ1v) is 6.32. The predicted octanol–water partition coefficient (Wildman–Crippen LogP) is 3.19. The Bertz CT molecular complexity index is 81.3. The van der Waals surface area contributed by atoms with Crippen LogP contribution in [0.3, 0.4) is 0 Å². The van der Waals surface area contributed by atoms with Crippen LogP contribution in [0.25, 0.3) is 0 Å². The van der Waals surface area contributed by atoms with Crippen molar-refractivity contribution in [3.8, 4) is 0 Å². The Labute approximate surface area is 72.5 Å². The molecule has 0 spiro atoms. The van der Waals surface area contributed by atoms with Crippen molar-refractivity contribution in [3.05, 3.63) is 5.25 Å². The number of thioether (sulfide) groups is 2. The summed E-state index contributed by atoms with van der Waals surface area (Å²) in [6.45, 7) is 0. The molecular formula is C8H15S2. The van der Waals surface area contributed by atoms with E-state index in [2.05, 4.69) is 12.5 Å². The molecule has 0 heterocycles. The summed E-state index contributed by atoms with van der Waals surface area (Å²) in [4.78, 5) is 0. The van der Waals surface area contributed by atoms with Gasteiger partial charge < -0.3 is 0 Å². The summed E-state index contributed by atoms with van der Waals surface area (Å²) in [5, 5.41) is 2.59. The average Bonchev–Trinajstić information content (AvgIpc) is 2.04. The van der Waals surface area contributed by atoms with Crippen molar-refractivity contribution in [3.63, 3.8) is 0 Å². The summed E-state index contributed by atoms with van der Waals surface area (Å²) in [6.07, 6.45) is 10.1. The lowest BCUT2D eigenvalue weighted by Gasteiger charge is -2.27. The number of hydrogen-bond donors (Lipinski definition) is 0. The quantitative estimate of drug-likeness (QED) is 0.632. The third-order valence-corrected chi connectivity index (χ3v) is 4.30. The van der Waals surface area contributed by atoms with Gasteiger partial charge in [0.1, 0.15) is 0 Å². The van der Waals surface area contributed by atoms with Crippen molar-refractivity contribution in [1.82, 2.24) is 0 Å². The van der Waals surface area contributed by atoms with Gasteiger partial charge in [-0.05, 0) is 25.4 Å². The van der Waals surface area contributed by atoms with Gasteiger partial charge in [0.25, 0.3) is 0 Å². The van der Waals surface area contributed by atoms with E-state index < -0.39 is 0 Å². The van der Waals surface area contributed by atoms with Gasteiger partial charge in [0.15, 0.2) is 0 Å². The first-order chi connectivity index (χ1) is 4.88. The molecule has 1 atom stereocenters. The van der Waals surface area contributed by atoms with Crippen LogP contribution in [0.1, 0.15) is 25.7 Å². The van der Waals surface area contributed by atoms with Crippen LogP contribution in [0.15, 0.2) is 0 Å². The molecule has 1 aliphatic rings. The molecule has 2 heteroatoms. The zero-order valence-corrected chi connectivity index (χ0v) is 8.36. The van der Waals surface area contributed by atoms with Crippen molar-refractivity contribution in [2.45, 2.75) is 30.9 Å². The molecule has 0 bridgehead atoms. The summed E-state index contributed by atoms with van der Waals surface area (Å²) in [6, 6.07) is 0. The average molecular weight is 175 g/mol. The van der Waals surface area contributed by atoms with E-state index in [0.717, 1.165) is 5.25 Å². The van der Waals surface area contributed by atoms with Gasteiger partial charge in [0.05, 0.1) is 0 Å². The fourth-order valence-electron chi connectivity index (χ4n) is 1.43. The van der Waals surface area contributed by atoms with E-state index in [1.54, 1.807) is 5.25 Å². The summed E-state index contributed by atoms with van der Waals surface area (Å²) >= 11 is 3.99. The highest BCUT2D eigenvalue weighted by molar-refractivity contribution is 8.04. The van der Waals surface area contributed by atoms with Crippen LogP contribution >= 0.6 is 23.5 Å². The molecule has 0 N–H and O–H groups in total. The molecule has 10 heavy (non-hydrogen) atoms. The Morgan fingerprint density at radius 3 is 2.60 bits per heavy atom. The highest BCUT2D eigenvalue weighted by atomic mass is 32.2. The maximum Gasteiger partial charge on any atom is 0.0432 e. The molecule has 0 aromatic carbocycles. The van der Waals surface area contributed by atoms with Gasteiger partial charge >= 0.3 is 0 Å². The molecule has 1 fully saturated rings. The summed E-state index contributed by atoms with van der Waals surface area (Å²) in [5.74, 6) is 0. The summed E-state index contributed by atoms with van der Waals surface area (Å²) in [5.41, 5.74) is 0. The molecule has 1 aliphatic carbocycles. The van der Waals surface area contributed by atoms with Gasteiger partial charge in [-0.3, -0.25) is 0 Å². The smallest absolute Gasteiger partial charge is 0.0432 e.